The van der Waals surface area contributed by atoms with Crippen LogP contribution < -0.4 is 10.6 Å². The smallest absolute Gasteiger partial charge is 0.237 e. The van der Waals surface area contributed by atoms with E-state index in [0.717, 1.165) is 5.56 Å². The van der Waals surface area contributed by atoms with Crippen LogP contribution in [-0.4, -0.2) is 46.7 Å². The Labute approximate surface area is 228 Å². The lowest BCUT2D eigenvalue weighted by Gasteiger charge is -2.37. The van der Waals surface area contributed by atoms with E-state index in [1.54, 1.807) is 24.3 Å². The van der Waals surface area contributed by atoms with Crippen molar-refractivity contribution in [1.82, 2.24) is 5.32 Å². The molecule has 2 aromatic carbocycles. The first kappa shape index (κ1) is 29.5. The topological polar surface area (TPSA) is 98.7 Å². The molecule has 2 heterocycles. The van der Waals surface area contributed by atoms with E-state index in [1.165, 1.54) is 12.1 Å². The Morgan fingerprint density at radius 2 is 1.95 bits per heavy atom. The SMILES string of the molecule is CC(C)(C)C[C@H]1N[C@@H](C(=O)CCC[C@H](O)CO)[C@H](c2cccc(Cl)c2)[C@@]12C(=O)Nc1cc(F)ccc12.Cl. The second-order valence-corrected chi connectivity index (χ2v) is 11.6. The molecule has 4 N–H and O–H groups in total. The minimum atomic E-state index is -1.15. The van der Waals surface area contributed by atoms with Gasteiger partial charge in [0.1, 0.15) is 17.0 Å². The first-order chi connectivity index (χ1) is 17.0. The van der Waals surface area contributed by atoms with Gasteiger partial charge in [-0.15, -0.1) is 12.4 Å². The number of carbonyl (C=O) groups excluding carboxylic acids is 2. The number of halogens is 3. The number of aliphatic hydroxyl groups is 2. The van der Waals surface area contributed by atoms with E-state index >= 15 is 0 Å². The molecule has 5 atom stereocenters. The van der Waals surface area contributed by atoms with E-state index in [-0.39, 0.29) is 42.5 Å². The Morgan fingerprint density at radius 1 is 1.22 bits per heavy atom. The van der Waals surface area contributed by atoms with Crippen LogP contribution in [0, 0.1) is 11.2 Å². The fraction of sp³-hybridized carbons (Fsp3) is 0.500. The molecular weight excluding hydrogens is 518 g/mol. The van der Waals surface area contributed by atoms with Crippen LogP contribution in [0.15, 0.2) is 42.5 Å². The number of carbonyl (C=O) groups is 2. The number of fused-ring (bicyclic) bond motifs is 2. The molecule has 1 spiro atoms. The summed E-state index contributed by atoms with van der Waals surface area (Å²) in [4.78, 5) is 27.6. The zero-order valence-electron chi connectivity index (χ0n) is 21.3. The predicted molar refractivity (Wildman–Crippen MR) is 145 cm³/mol. The quantitative estimate of drug-likeness (QED) is 0.379. The van der Waals surface area contributed by atoms with E-state index < -0.39 is 35.3 Å². The van der Waals surface area contributed by atoms with Gasteiger partial charge in [0.25, 0.3) is 0 Å². The lowest BCUT2D eigenvalue weighted by atomic mass is 9.62. The minimum absolute atomic E-state index is 0. The normalized spacial score (nSPS) is 25.5. The van der Waals surface area contributed by atoms with E-state index in [1.807, 2.05) is 6.07 Å². The highest BCUT2D eigenvalue weighted by Gasteiger charge is 2.65. The van der Waals surface area contributed by atoms with Gasteiger partial charge in [0, 0.05) is 29.1 Å². The lowest BCUT2D eigenvalue weighted by Crippen LogP contribution is -2.49. The average molecular weight is 554 g/mol. The second kappa shape index (κ2) is 11.4. The molecule has 4 rings (SSSR count). The molecule has 0 aliphatic carbocycles. The van der Waals surface area contributed by atoms with Crippen molar-refractivity contribution in [3.05, 3.63) is 64.4 Å². The van der Waals surface area contributed by atoms with E-state index in [4.69, 9.17) is 16.7 Å². The van der Waals surface area contributed by atoms with Gasteiger partial charge in [0.05, 0.1) is 18.8 Å². The number of rotatable bonds is 8. The van der Waals surface area contributed by atoms with E-state index in [0.29, 0.717) is 35.5 Å². The van der Waals surface area contributed by atoms with Crippen LogP contribution in [0.2, 0.25) is 5.02 Å². The first-order valence-electron chi connectivity index (χ1n) is 12.4. The molecule has 202 valence electrons. The predicted octanol–water partition coefficient (Wildman–Crippen LogP) is 4.74. The summed E-state index contributed by atoms with van der Waals surface area (Å²) < 4.78 is 14.2. The Hall–Kier alpha value is -2.03. The number of hydrogen-bond donors (Lipinski definition) is 4. The van der Waals surface area contributed by atoms with Gasteiger partial charge < -0.3 is 20.8 Å². The fourth-order valence-corrected chi connectivity index (χ4v) is 6.13. The first-order valence-corrected chi connectivity index (χ1v) is 12.8. The molecular formula is C28H35Cl2FN2O4. The van der Waals surface area contributed by atoms with Crippen LogP contribution in [0.3, 0.4) is 0 Å². The Bertz CT molecular complexity index is 1160. The largest absolute Gasteiger partial charge is 0.394 e. The number of nitrogens with one attached hydrogen (secondary N) is 2. The highest BCUT2D eigenvalue weighted by Crippen LogP contribution is 2.56. The number of amides is 1. The van der Waals surface area contributed by atoms with Crippen molar-refractivity contribution in [2.24, 2.45) is 5.41 Å². The van der Waals surface area contributed by atoms with Gasteiger partial charge in [-0.3, -0.25) is 9.59 Å². The molecule has 0 aromatic heterocycles. The number of anilines is 1. The number of aliphatic hydroxyl groups excluding tert-OH is 2. The Morgan fingerprint density at radius 3 is 2.59 bits per heavy atom. The molecule has 1 amide bonds. The van der Waals surface area contributed by atoms with Gasteiger partial charge in [-0.25, -0.2) is 4.39 Å². The standard InChI is InChI=1S/C28H34ClFN2O4.ClH/c1-27(2,3)14-23-28(20-11-10-18(30)13-21(20)31-26(28)36)24(16-6-4-7-17(29)12-16)25(32-23)22(35)9-5-8-19(34)15-33;/h4,6-7,10-13,19,23-25,32-34H,5,8-9,14-15H2,1-3H3,(H,31,36);1H/t19-,23+,24-,25-,28-;/m0./s1. The summed E-state index contributed by atoms with van der Waals surface area (Å²) in [6.07, 6.45) is 0.617. The van der Waals surface area contributed by atoms with E-state index in [9.17, 15) is 19.1 Å². The van der Waals surface area contributed by atoms with Gasteiger partial charge in [0.2, 0.25) is 5.91 Å². The van der Waals surface area contributed by atoms with Crippen LogP contribution in [0.1, 0.15) is 63.5 Å². The zero-order chi connectivity index (χ0) is 26.3. The highest BCUT2D eigenvalue weighted by molar-refractivity contribution is 6.30. The summed E-state index contributed by atoms with van der Waals surface area (Å²) >= 11 is 6.37. The third-order valence-corrected chi connectivity index (χ3v) is 7.58. The molecule has 0 saturated carbocycles. The third kappa shape index (κ3) is 5.71. The van der Waals surface area contributed by atoms with Crippen LogP contribution in [0.25, 0.3) is 0 Å². The molecule has 2 aromatic rings. The molecule has 0 radical (unpaired) electrons. The summed E-state index contributed by atoms with van der Waals surface area (Å²) in [6.45, 7) is 5.90. The number of Topliss-reactive ketones (excluding diaryl/α,β-unsaturated/α-hetero) is 1. The molecule has 9 heteroatoms. The second-order valence-electron chi connectivity index (χ2n) is 11.2. The summed E-state index contributed by atoms with van der Waals surface area (Å²) in [5.74, 6) is -1.37. The molecule has 1 fully saturated rings. The molecule has 0 unspecified atom stereocenters. The maximum absolute atomic E-state index is 14.2. The van der Waals surface area contributed by atoms with Crippen LogP contribution in [-0.2, 0) is 15.0 Å². The van der Waals surface area contributed by atoms with Crippen LogP contribution in [0.4, 0.5) is 10.1 Å². The van der Waals surface area contributed by atoms with Crippen LogP contribution in [0.5, 0.6) is 0 Å². The maximum Gasteiger partial charge on any atom is 0.237 e. The number of ketones is 1. The van der Waals surface area contributed by atoms with Crippen molar-refractivity contribution >= 4 is 41.4 Å². The van der Waals surface area contributed by atoms with Gasteiger partial charge in [-0.1, -0.05) is 50.6 Å². The third-order valence-electron chi connectivity index (χ3n) is 7.35. The molecule has 1 saturated heterocycles. The highest BCUT2D eigenvalue weighted by atomic mass is 35.5. The molecule has 2 aliphatic rings. The van der Waals surface area contributed by atoms with Crippen LogP contribution >= 0.6 is 24.0 Å². The maximum atomic E-state index is 14.2. The average Bonchev–Trinajstić information content (AvgIpc) is 3.27. The van der Waals surface area contributed by atoms with Crippen molar-refractivity contribution in [3.63, 3.8) is 0 Å². The fourth-order valence-electron chi connectivity index (χ4n) is 5.93. The van der Waals surface area contributed by atoms with E-state index in [2.05, 4.69) is 31.4 Å². The van der Waals surface area contributed by atoms with Gasteiger partial charge in [0.15, 0.2) is 0 Å². The monoisotopic (exact) mass is 552 g/mol. The van der Waals surface area contributed by atoms with Crippen molar-refractivity contribution < 1.29 is 24.2 Å². The van der Waals surface area contributed by atoms with Crippen molar-refractivity contribution in [1.29, 1.82) is 0 Å². The Kier molecular flexibility index (Phi) is 9.08. The Balaban J connectivity index is 0.00000380. The summed E-state index contributed by atoms with van der Waals surface area (Å²) in [5, 5.41) is 25.8. The lowest BCUT2D eigenvalue weighted by molar-refractivity contribution is -0.122. The molecule has 2 aliphatic heterocycles. The van der Waals surface area contributed by atoms with Gasteiger partial charge >= 0.3 is 0 Å². The minimum Gasteiger partial charge on any atom is -0.394 e. The summed E-state index contributed by atoms with van der Waals surface area (Å²) in [7, 11) is 0. The van der Waals surface area contributed by atoms with Crippen molar-refractivity contribution in [2.75, 3.05) is 11.9 Å². The summed E-state index contributed by atoms with van der Waals surface area (Å²) in [5.41, 5.74) is 0.535. The molecule has 37 heavy (non-hydrogen) atoms. The van der Waals surface area contributed by atoms with Crippen molar-refractivity contribution in [2.45, 2.75) is 76.0 Å². The molecule has 0 bridgehead atoms. The zero-order valence-corrected chi connectivity index (χ0v) is 22.8. The summed E-state index contributed by atoms with van der Waals surface area (Å²) in [6, 6.07) is 10.5. The van der Waals surface area contributed by atoms with Crippen molar-refractivity contribution in [3.8, 4) is 0 Å². The van der Waals surface area contributed by atoms with Gasteiger partial charge in [-0.2, -0.15) is 0 Å². The number of hydrogen-bond acceptors (Lipinski definition) is 5. The van der Waals surface area contributed by atoms with Gasteiger partial charge in [-0.05, 0) is 60.1 Å². The number of benzene rings is 2. The molecule has 6 nitrogen and oxygen atoms in total.